The third-order valence-electron chi connectivity index (χ3n) is 3.09. The van der Waals surface area contributed by atoms with E-state index in [0.717, 1.165) is 5.69 Å². The Bertz CT molecular complexity index is 431. The maximum Gasteiger partial charge on any atom is 0.196 e. The van der Waals surface area contributed by atoms with E-state index >= 15 is 0 Å². The number of nitrogens with zero attached hydrogens (tertiary/aromatic N) is 2. The van der Waals surface area contributed by atoms with Gasteiger partial charge in [0.25, 0.3) is 0 Å². The van der Waals surface area contributed by atoms with Crippen LogP contribution in [0.25, 0.3) is 0 Å². The summed E-state index contributed by atoms with van der Waals surface area (Å²) < 4.78 is 12.9. The van der Waals surface area contributed by atoms with Gasteiger partial charge < -0.3 is 10.6 Å². The van der Waals surface area contributed by atoms with Gasteiger partial charge in [0.15, 0.2) is 5.96 Å². The zero-order chi connectivity index (χ0) is 12.6. The zero-order valence-corrected chi connectivity index (χ0v) is 10.4. The summed E-state index contributed by atoms with van der Waals surface area (Å²) in [6, 6.07) is 6.58. The standard InChI is InChI=1S/C13H18FN3/c1-13(2,3)11-8-16-12(15)17(11)10-6-4-9(14)5-7-10/h4-7,11H,8H2,1-3H3,(H2,15,16). The summed E-state index contributed by atoms with van der Waals surface area (Å²) in [5.41, 5.74) is 6.88. The van der Waals surface area contributed by atoms with Crippen LogP contribution in [-0.2, 0) is 0 Å². The van der Waals surface area contributed by atoms with Gasteiger partial charge >= 0.3 is 0 Å². The van der Waals surface area contributed by atoms with Crippen molar-refractivity contribution in [2.75, 3.05) is 11.4 Å². The molecule has 2 rings (SSSR count). The van der Waals surface area contributed by atoms with Crippen LogP contribution in [0.1, 0.15) is 20.8 Å². The van der Waals surface area contributed by atoms with Crippen LogP contribution in [-0.4, -0.2) is 18.5 Å². The number of aliphatic imine (C=N–C) groups is 1. The van der Waals surface area contributed by atoms with E-state index in [-0.39, 0.29) is 17.3 Å². The van der Waals surface area contributed by atoms with Gasteiger partial charge in [-0.25, -0.2) is 4.39 Å². The number of hydrogen-bond donors (Lipinski definition) is 1. The van der Waals surface area contributed by atoms with E-state index in [1.165, 1.54) is 12.1 Å². The summed E-state index contributed by atoms with van der Waals surface area (Å²) in [4.78, 5) is 6.28. The predicted molar refractivity (Wildman–Crippen MR) is 68.6 cm³/mol. The van der Waals surface area contributed by atoms with Gasteiger partial charge in [0.05, 0.1) is 12.6 Å². The van der Waals surface area contributed by atoms with Crippen LogP contribution in [0.3, 0.4) is 0 Å². The molecule has 0 bridgehead atoms. The zero-order valence-electron chi connectivity index (χ0n) is 10.4. The van der Waals surface area contributed by atoms with Gasteiger partial charge in [-0.1, -0.05) is 20.8 Å². The molecular formula is C13H18FN3. The molecule has 0 radical (unpaired) electrons. The molecule has 2 N–H and O–H groups in total. The molecular weight excluding hydrogens is 217 g/mol. The molecule has 0 amide bonds. The smallest absolute Gasteiger partial charge is 0.196 e. The van der Waals surface area contributed by atoms with Crippen molar-refractivity contribution in [3.05, 3.63) is 30.1 Å². The van der Waals surface area contributed by atoms with E-state index in [0.29, 0.717) is 12.5 Å². The number of anilines is 1. The maximum absolute atomic E-state index is 12.9. The van der Waals surface area contributed by atoms with E-state index in [2.05, 4.69) is 25.8 Å². The second-order valence-electron chi connectivity index (χ2n) is 5.43. The molecule has 1 aliphatic heterocycles. The minimum atomic E-state index is -0.240. The average Bonchev–Trinajstić information content (AvgIpc) is 2.61. The van der Waals surface area contributed by atoms with E-state index in [1.807, 2.05) is 4.90 Å². The van der Waals surface area contributed by atoms with Crippen molar-refractivity contribution in [2.45, 2.75) is 26.8 Å². The van der Waals surface area contributed by atoms with Gasteiger partial charge in [-0.05, 0) is 29.7 Å². The van der Waals surface area contributed by atoms with Gasteiger partial charge in [-0.15, -0.1) is 0 Å². The first-order valence-corrected chi connectivity index (χ1v) is 5.74. The SMILES string of the molecule is CC(C)(C)C1CN=C(N)N1c1ccc(F)cc1. The Morgan fingerprint density at radius 3 is 2.41 bits per heavy atom. The first-order chi connectivity index (χ1) is 7.89. The topological polar surface area (TPSA) is 41.6 Å². The van der Waals surface area contributed by atoms with E-state index in [1.54, 1.807) is 12.1 Å². The lowest BCUT2D eigenvalue weighted by Crippen LogP contribution is -2.47. The van der Waals surface area contributed by atoms with Crippen LogP contribution in [0.5, 0.6) is 0 Å². The summed E-state index contributed by atoms with van der Waals surface area (Å²) in [6.07, 6.45) is 0. The highest BCUT2D eigenvalue weighted by atomic mass is 19.1. The number of rotatable bonds is 1. The molecule has 4 heteroatoms. The van der Waals surface area contributed by atoms with Gasteiger partial charge in [0.1, 0.15) is 5.82 Å². The number of hydrogen-bond acceptors (Lipinski definition) is 3. The molecule has 0 aromatic heterocycles. The van der Waals surface area contributed by atoms with Crippen molar-refractivity contribution in [1.29, 1.82) is 0 Å². The first kappa shape index (κ1) is 11.9. The van der Waals surface area contributed by atoms with Gasteiger partial charge in [0, 0.05) is 5.69 Å². The largest absolute Gasteiger partial charge is 0.370 e. The van der Waals surface area contributed by atoms with Gasteiger partial charge in [-0.2, -0.15) is 0 Å². The lowest BCUT2D eigenvalue weighted by molar-refractivity contribution is 0.336. The van der Waals surface area contributed by atoms with Crippen molar-refractivity contribution in [3.8, 4) is 0 Å². The Morgan fingerprint density at radius 2 is 1.88 bits per heavy atom. The van der Waals surface area contributed by atoms with Crippen molar-refractivity contribution in [3.63, 3.8) is 0 Å². The molecule has 0 saturated heterocycles. The Morgan fingerprint density at radius 1 is 1.29 bits per heavy atom. The van der Waals surface area contributed by atoms with Crippen LogP contribution < -0.4 is 10.6 Å². The molecule has 1 atom stereocenters. The molecule has 0 fully saturated rings. The van der Waals surface area contributed by atoms with Crippen LogP contribution in [0.15, 0.2) is 29.3 Å². The Hall–Kier alpha value is -1.58. The minimum absolute atomic E-state index is 0.0685. The van der Waals surface area contributed by atoms with Crippen LogP contribution in [0, 0.1) is 11.2 Å². The predicted octanol–water partition coefficient (Wildman–Crippen LogP) is 2.38. The van der Waals surface area contributed by atoms with Crippen LogP contribution in [0.2, 0.25) is 0 Å². The number of benzene rings is 1. The molecule has 1 aromatic carbocycles. The highest BCUT2D eigenvalue weighted by molar-refractivity contribution is 5.97. The third-order valence-corrected chi connectivity index (χ3v) is 3.09. The second-order valence-corrected chi connectivity index (χ2v) is 5.43. The summed E-state index contributed by atoms with van der Waals surface area (Å²) in [6.45, 7) is 7.15. The normalized spacial score (nSPS) is 20.6. The van der Waals surface area contributed by atoms with Crippen LogP contribution >= 0.6 is 0 Å². The lowest BCUT2D eigenvalue weighted by atomic mass is 9.86. The molecule has 1 unspecified atom stereocenters. The quantitative estimate of drug-likeness (QED) is 0.812. The molecule has 17 heavy (non-hydrogen) atoms. The van der Waals surface area contributed by atoms with E-state index in [4.69, 9.17) is 5.73 Å². The summed E-state index contributed by atoms with van der Waals surface area (Å²) in [5.74, 6) is 0.271. The molecule has 1 aliphatic rings. The Labute approximate surface area is 101 Å². The molecule has 92 valence electrons. The average molecular weight is 235 g/mol. The molecule has 3 nitrogen and oxygen atoms in total. The second kappa shape index (κ2) is 4.02. The fraction of sp³-hybridized carbons (Fsp3) is 0.462. The van der Waals surface area contributed by atoms with Crippen molar-refractivity contribution in [2.24, 2.45) is 16.1 Å². The lowest BCUT2D eigenvalue weighted by Gasteiger charge is -2.35. The molecule has 0 spiro atoms. The van der Waals surface area contributed by atoms with Crippen molar-refractivity contribution in [1.82, 2.24) is 0 Å². The monoisotopic (exact) mass is 235 g/mol. The number of nitrogens with two attached hydrogens (primary N) is 1. The molecule has 1 heterocycles. The highest BCUT2D eigenvalue weighted by Crippen LogP contribution is 2.31. The number of halogens is 1. The summed E-state index contributed by atoms with van der Waals surface area (Å²) in [7, 11) is 0. The molecule has 0 saturated carbocycles. The Balaban J connectivity index is 2.34. The Kier molecular flexibility index (Phi) is 2.81. The minimum Gasteiger partial charge on any atom is -0.370 e. The van der Waals surface area contributed by atoms with Gasteiger partial charge in [0.2, 0.25) is 0 Å². The highest BCUT2D eigenvalue weighted by Gasteiger charge is 2.36. The van der Waals surface area contributed by atoms with Gasteiger partial charge in [-0.3, -0.25) is 4.99 Å². The van der Waals surface area contributed by atoms with Crippen LogP contribution in [0.4, 0.5) is 10.1 Å². The number of guanidine groups is 1. The molecule has 1 aromatic rings. The fourth-order valence-electron chi connectivity index (χ4n) is 2.07. The summed E-state index contributed by atoms with van der Waals surface area (Å²) in [5, 5.41) is 0. The third kappa shape index (κ3) is 2.25. The fourth-order valence-corrected chi connectivity index (χ4v) is 2.07. The van der Waals surface area contributed by atoms with E-state index in [9.17, 15) is 4.39 Å². The molecule has 0 aliphatic carbocycles. The summed E-state index contributed by atoms with van der Waals surface area (Å²) >= 11 is 0. The maximum atomic E-state index is 12.9. The first-order valence-electron chi connectivity index (χ1n) is 5.74. The van der Waals surface area contributed by atoms with E-state index < -0.39 is 0 Å². The van der Waals surface area contributed by atoms with Crippen molar-refractivity contribution < 1.29 is 4.39 Å². The van der Waals surface area contributed by atoms with Crippen molar-refractivity contribution >= 4 is 11.6 Å².